The fraction of sp³-hybridized carbons (Fsp3) is 0.865. The summed E-state index contributed by atoms with van der Waals surface area (Å²) >= 11 is 0. The minimum absolute atomic E-state index is 0.0361. The van der Waals surface area contributed by atoms with E-state index in [2.05, 4.69) is 43.3 Å². The number of unbranched alkanes of at least 4 members (excludes halogenated alkanes) is 9. The minimum Gasteiger partial charge on any atom is -0.465 e. The van der Waals surface area contributed by atoms with Gasteiger partial charge in [-0.15, -0.1) is 0 Å². The second-order valence-electron chi connectivity index (χ2n) is 13.0. The number of aliphatic imine (C=N–C) groups is 1. The SMILES string of the molecule is CCCCCC(CCC)C(=O)OCCCCCCCCNC(=O)C(CCN=C(N)N)NC(=O)CCCOC(=O)C(CCC)CCCCC. The van der Waals surface area contributed by atoms with Gasteiger partial charge in [-0.1, -0.05) is 105 Å². The molecule has 0 bridgehead atoms. The van der Waals surface area contributed by atoms with E-state index in [1.165, 1.54) is 0 Å². The number of carbonyl (C=O) groups excluding carboxylic acids is 4. The third-order valence-electron chi connectivity index (χ3n) is 8.52. The number of rotatable bonds is 32. The van der Waals surface area contributed by atoms with E-state index in [0.29, 0.717) is 19.6 Å². The molecule has 3 atom stereocenters. The van der Waals surface area contributed by atoms with Gasteiger partial charge in [0.1, 0.15) is 6.04 Å². The van der Waals surface area contributed by atoms with Crippen LogP contribution in [0, 0.1) is 11.8 Å². The molecule has 48 heavy (non-hydrogen) atoms. The average Bonchev–Trinajstić information content (AvgIpc) is 3.06. The first-order chi connectivity index (χ1) is 23.2. The topological polar surface area (TPSA) is 175 Å². The van der Waals surface area contributed by atoms with Crippen molar-refractivity contribution in [2.24, 2.45) is 28.3 Å². The van der Waals surface area contributed by atoms with Crippen LogP contribution >= 0.6 is 0 Å². The first-order valence-corrected chi connectivity index (χ1v) is 19.2. The lowest BCUT2D eigenvalue weighted by Gasteiger charge is -2.18. The maximum atomic E-state index is 12.9. The molecule has 0 radical (unpaired) electrons. The van der Waals surface area contributed by atoms with Crippen molar-refractivity contribution in [2.45, 2.75) is 169 Å². The Bertz CT molecular complexity index is 880. The lowest BCUT2D eigenvalue weighted by molar-refractivity contribution is -0.150. The Morgan fingerprint density at radius 3 is 1.65 bits per heavy atom. The number of ether oxygens (including phenoxy) is 2. The molecule has 6 N–H and O–H groups in total. The van der Waals surface area contributed by atoms with E-state index in [0.717, 1.165) is 116 Å². The molecule has 3 unspecified atom stereocenters. The zero-order valence-electron chi connectivity index (χ0n) is 31.0. The van der Waals surface area contributed by atoms with Gasteiger partial charge in [0, 0.05) is 19.5 Å². The van der Waals surface area contributed by atoms with Gasteiger partial charge in [-0.05, 0) is 51.4 Å². The monoisotopic (exact) mass is 682 g/mol. The lowest BCUT2D eigenvalue weighted by Crippen LogP contribution is -2.47. The van der Waals surface area contributed by atoms with Gasteiger partial charge in [-0.2, -0.15) is 0 Å². The standard InChI is InChI=1S/C37H71N5O6/c1-5-9-15-22-30(20-7-3)35(45)47-28-18-14-12-11-13-17-26-40-34(44)32(25-27-41-37(38)39)42-33(43)24-19-29-48-36(46)31(21-8-4)23-16-10-6-2/h30-32H,5-29H2,1-4H3,(H,40,44)(H,42,43)(H4,38,39,41). The zero-order valence-corrected chi connectivity index (χ0v) is 31.0. The molecule has 0 aromatic rings. The minimum atomic E-state index is -0.762. The first kappa shape index (κ1) is 45.2. The Morgan fingerprint density at radius 1 is 0.604 bits per heavy atom. The number of guanidine groups is 1. The normalized spacial score (nSPS) is 12.8. The van der Waals surface area contributed by atoms with E-state index in [9.17, 15) is 19.2 Å². The van der Waals surface area contributed by atoms with Gasteiger partial charge in [-0.3, -0.25) is 24.2 Å². The van der Waals surface area contributed by atoms with E-state index in [-0.39, 0.29) is 67.5 Å². The lowest BCUT2D eigenvalue weighted by atomic mass is 9.97. The number of amides is 2. The summed E-state index contributed by atoms with van der Waals surface area (Å²) in [7, 11) is 0. The highest BCUT2D eigenvalue weighted by Crippen LogP contribution is 2.19. The van der Waals surface area contributed by atoms with Gasteiger partial charge in [-0.25, -0.2) is 0 Å². The number of hydrogen-bond acceptors (Lipinski definition) is 7. The predicted molar refractivity (Wildman–Crippen MR) is 194 cm³/mol. The van der Waals surface area contributed by atoms with Crippen LogP contribution in [0.4, 0.5) is 0 Å². The van der Waals surface area contributed by atoms with Crippen molar-refractivity contribution in [3.8, 4) is 0 Å². The summed E-state index contributed by atoms with van der Waals surface area (Å²) in [6.45, 7) is 9.86. The van der Waals surface area contributed by atoms with Gasteiger partial charge in [0.25, 0.3) is 0 Å². The van der Waals surface area contributed by atoms with Crippen LogP contribution in [0.25, 0.3) is 0 Å². The molecule has 0 spiro atoms. The van der Waals surface area contributed by atoms with E-state index < -0.39 is 6.04 Å². The molecule has 2 amide bonds. The Balaban J connectivity index is 4.37. The quantitative estimate of drug-likeness (QED) is 0.0271. The Labute approximate surface area is 291 Å². The molecule has 11 nitrogen and oxygen atoms in total. The number of nitrogens with zero attached hydrogens (tertiary/aromatic N) is 1. The zero-order chi connectivity index (χ0) is 35.8. The van der Waals surface area contributed by atoms with Crippen LogP contribution in [0.3, 0.4) is 0 Å². The summed E-state index contributed by atoms with van der Waals surface area (Å²) < 4.78 is 11.0. The van der Waals surface area contributed by atoms with Crippen LogP contribution in [-0.2, 0) is 28.7 Å². The van der Waals surface area contributed by atoms with E-state index in [1.54, 1.807) is 0 Å². The molecule has 0 heterocycles. The van der Waals surface area contributed by atoms with Gasteiger partial charge in [0.15, 0.2) is 5.96 Å². The molecule has 0 aromatic heterocycles. The number of nitrogens with two attached hydrogens (primary N) is 2. The average molecular weight is 682 g/mol. The first-order valence-electron chi connectivity index (χ1n) is 19.2. The summed E-state index contributed by atoms with van der Waals surface area (Å²) in [5.74, 6) is -0.891. The molecule has 0 aliphatic carbocycles. The number of nitrogens with one attached hydrogen (secondary N) is 2. The number of esters is 2. The van der Waals surface area contributed by atoms with Gasteiger partial charge >= 0.3 is 11.9 Å². The van der Waals surface area contributed by atoms with E-state index >= 15 is 0 Å². The fourth-order valence-electron chi connectivity index (χ4n) is 5.68. The molecule has 0 fully saturated rings. The molecule has 0 aromatic carbocycles. The molecule has 0 aliphatic heterocycles. The van der Waals surface area contributed by atoms with Crippen LogP contribution in [0.2, 0.25) is 0 Å². The number of hydrogen-bond donors (Lipinski definition) is 4. The molecular weight excluding hydrogens is 610 g/mol. The van der Waals surface area contributed by atoms with Crippen molar-refractivity contribution < 1.29 is 28.7 Å². The molecule has 280 valence electrons. The Kier molecular flexibility index (Phi) is 29.6. The highest BCUT2D eigenvalue weighted by atomic mass is 16.5. The van der Waals surface area contributed by atoms with Crippen molar-refractivity contribution in [1.82, 2.24) is 10.6 Å². The van der Waals surface area contributed by atoms with Crippen molar-refractivity contribution in [1.29, 1.82) is 0 Å². The molecular formula is C37H71N5O6. The van der Waals surface area contributed by atoms with Crippen LogP contribution < -0.4 is 22.1 Å². The summed E-state index contributed by atoms with van der Waals surface area (Å²) in [5.41, 5.74) is 10.9. The highest BCUT2D eigenvalue weighted by Gasteiger charge is 2.22. The Hall–Kier alpha value is -2.85. The molecule has 0 aliphatic rings. The Morgan fingerprint density at radius 2 is 1.12 bits per heavy atom. The summed E-state index contributed by atoms with van der Waals surface area (Å²) in [5, 5.41) is 5.72. The second-order valence-corrected chi connectivity index (χ2v) is 13.0. The third kappa shape index (κ3) is 25.2. The highest BCUT2D eigenvalue weighted by molar-refractivity contribution is 5.87. The molecule has 0 saturated carbocycles. The largest absolute Gasteiger partial charge is 0.465 e. The smallest absolute Gasteiger partial charge is 0.308 e. The maximum Gasteiger partial charge on any atom is 0.308 e. The summed E-state index contributed by atoms with van der Waals surface area (Å²) in [6, 6.07) is -0.762. The predicted octanol–water partition coefficient (Wildman–Crippen LogP) is 6.45. The van der Waals surface area contributed by atoms with Gasteiger partial charge < -0.3 is 31.6 Å². The summed E-state index contributed by atoms with van der Waals surface area (Å²) in [4.78, 5) is 54.4. The van der Waals surface area contributed by atoms with Gasteiger partial charge in [0.05, 0.1) is 25.0 Å². The van der Waals surface area contributed by atoms with Crippen molar-refractivity contribution >= 4 is 29.7 Å². The molecule has 0 rings (SSSR count). The molecule has 0 saturated heterocycles. The molecule has 11 heteroatoms. The van der Waals surface area contributed by atoms with Crippen molar-refractivity contribution in [3.63, 3.8) is 0 Å². The third-order valence-corrected chi connectivity index (χ3v) is 8.52. The number of carbonyl (C=O) groups is 4. The van der Waals surface area contributed by atoms with Crippen LogP contribution in [-0.4, -0.2) is 62.1 Å². The van der Waals surface area contributed by atoms with Crippen LogP contribution in [0.5, 0.6) is 0 Å². The van der Waals surface area contributed by atoms with Gasteiger partial charge in [0.2, 0.25) is 11.8 Å². The van der Waals surface area contributed by atoms with Crippen molar-refractivity contribution in [2.75, 3.05) is 26.3 Å². The second kappa shape index (κ2) is 31.4. The summed E-state index contributed by atoms with van der Waals surface area (Å²) in [6.07, 6.45) is 18.6. The maximum absolute atomic E-state index is 12.9. The fourth-order valence-corrected chi connectivity index (χ4v) is 5.68. The van der Waals surface area contributed by atoms with Crippen LogP contribution in [0.15, 0.2) is 4.99 Å². The van der Waals surface area contributed by atoms with E-state index in [4.69, 9.17) is 20.9 Å². The van der Waals surface area contributed by atoms with Crippen molar-refractivity contribution in [3.05, 3.63) is 0 Å². The van der Waals surface area contributed by atoms with E-state index in [1.807, 2.05) is 0 Å². The van der Waals surface area contributed by atoms with Crippen LogP contribution in [0.1, 0.15) is 163 Å².